The number of rotatable bonds is 0. The molecular weight excluding hydrogens is 320 g/mol. The van der Waals surface area contributed by atoms with Gasteiger partial charge in [0.2, 0.25) is 0 Å². The molecule has 0 bridgehead atoms. The van der Waals surface area contributed by atoms with E-state index in [2.05, 4.69) is 0 Å². The molecule has 7 heavy (non-hydrogen) atoms. The van der Waals surface area contributed by atoms with Crippen molar-refractivity contribution in [2.75, 3.05) is 6.26 Å². The van der Waals surface area contributed by atoms with E-state index in [1.54, 1.807) is 0 Å². The second-order valence-corrected chi connectivity index (χ2v) is 2.20. The van der Waals surface area contributed by atoms with Crippen molar-refractivity contribution >= 4 is 36.3 Å². The van der Waals surface area contributed by atoms with Gasteiger partial charge in [0.1, 0.15) is 0 Å². The zero-order valence-corrected chi connectivity index (χ0v) is 10.1. The molecule has 0 aromatic rings. The number of hydrogen-bond donors (Lipinski definition) is 1. The van der Waals surface area contributed by atoms with E-state index < -0.39 is 10.1 Å². The topological polar surface area (TPSA) is 54.4 Å². The van der Waals surface area contributed by atoms with Crippen molar-refractivity contribution in [3.8, 4) is 0 Å². The van der Waals surface area contributed by atoms with Crippen molar-refractivity contribution in [3.05, 3.63) is 0 Å². The fraction of sp³-hybridized carbons (Fsp3) is 1.00. The van der Waals surface area contributed by atoms with Crippen molar-refractivity contribution in [2.45, 2.75) is 0 Å². The van der Waals surface area contributed by atoms with Crippen molar-refractivity contribution in [3.63, 3.8) is 0 Å². The molecule has 0 aromatic carbocycles. The Kier molecular flexibility index (Phi) is 10.9. The quantitative estimate of drug-likeness (QED) is 0.434. The first-order chi connectivity index (χ1) is 2.00. The molecule has 0 fully saturated rings. The molecule has 0 amide bonds. The van der Waals surface area contributed by atoms with Gasteiger partial charge in [0.15, 0.2) is 0 Å². The van der Waals surface area contributed by atoms with E-state index in [9.17, 15) is 8.42 Å². The molecule has 0 saturated carbocycles. The predicted molar refractivity (Wildman–Crippen MR) is 29.9 cm³/mol. The number of hydrogen-bond acceptors (Lipinski definition) is 2. The Morgan fingerprint density at radius 3 is 1.43 bits per heavy atom. The molecule has 48 valence electrons. The van der Waals surface area contributed by atoms with Gasteiger partial charge >= 0.3 is 26.2 Å². The Bertz CT molecular complexity index is 98.1. The fourth-order valence-electron chi connectivity index (χ4n) is 0. The molecule has 0 aliphatic rings. The van der Waals surface area contributed by atoms with Gasteiger partial charge in [0.05, 0.1) is 6.26 Å². The van der Waals surface area contributed by atoms with Crippen LogP contribution in [0, 0.1) is 0 Å². The molecule has 1 N–H and O–H groups in total. The molecule has 0 heterocycles. The van der Waals surface area contributed by atoms with E-state index in [1.165, 1.54) is 0 Å². The van der Waals surface area contributed by atoms with Crippen molar-refractivity contribution < 1.29 is 17.7 Å². The van der Waals surface area contributed by atoms with Gasteiger partial charge in [-0.15, -0.1) is 0 Å². The summed E-state index contributed by atoms with van der Waals surface area (Å²) in [4.78, 5) is 0. The van der Waals surface area contributed by atoms with Crippen LogP contribution in [-0.4, -0.2) is 45.4 Å². The van der Waals surface area contributed by atoms with Gasteiger partial charge in [-0.1, -0.05) is 0 Å². The third-order valence-corrected chi connectivity index (χ3v) is 0. The van der Waals surface area contributed by atoms with E-state index in [-0.39, 0.29) is 30.9 Å². The average molecular weight is 328 g/mol. The van der Waals surface area contributed by atoms with Crippen LogP contribution >= 0.6 is 0 Å². The van der Waals surface area contributed by atoms with Crippen LogP contribution in [0.4, 0.5) is 4.70 Å². The minimum atomic E-state index is -3.67. The van der Waals surface area contributed by atoms with E-state index >= 15 is 0 Å². The number of halogens is 1. The third kappa shape index (κ3) is 287. The summed E-state index contributed by atoms with van der Waals surface area (Å²) in [5.74, 6) is 0. The molecule has 0 unspecified atom stereocenters. The zero-order valence-electron chi connectivity index (χ0n) is 3.79. The second kappa shape index (κ2) is 4.87. The minimum absolute atomic E-state index is 0. The molecular formula is CH8BiFO3S. The summed E-state index contributed by atoms with van der Waals surface area (Å²) in [6.07, 6.45) is 0.715. The maximum absolute atomic E-state index is 9.19. The first-order valence-corrected chi connectivity index (χ1v) is 2.77. The van der Waals surface area contributed by atoms with Crippen LogP contribution in [0.5, 0.6) is 0 Å². The van der Waals surface area contributed by atoms with Crippen LogP contribution in [0.3, 0.4) is 0 Å². The first kappa shape index (κ1) is 15.6. The average Bonchev–Trinajstić information content (AvgIpc) is 0.722. The Morgan fingerprint density at radius 2 is 1.43 bits per heavy atom. The van der Waals surface area contributed by atoms with E-state index in [0.29, 0.717) is 6.26 Å². The Balaban J connectivity index is -0.0000000800. The molecule has 6 heteroatoms. The molecule has 0 rings (SSSR count). The van der Waals surface area contributed by atoms with Gasteiger partial charge in [0, 0.05) is 0 Å². The second-order valence-electron chi connectivity index (χ2n) is 0.733. The molecule has 0 aromatic heterocycles. The summed E-state index contributed by atoms with van der Waals surface area (Å²) >= 11 is 0. The van der Waals surface area contributed by atoms with Crippen molar-refractivity contribution in [2.24, 2.45) is 0 Å². The summed E-state index contributed by atoms with van der Waals surface area (Å²) in [6, 6.07) is 0. The summed E-state index contributed by atoms with van der Waals surface area (Å²) in [5.41, 5.74) is 0. The molecule has 0 aliphatic heterocycles. The van der Waals surface area contributed by atoms with Gasteiger partial charge in [-0.05, 0) is 0 Å². The SMILES string of the molecule is CS(=O)(=O)O.F.[BiH3]. The van der Waals surface area contributed by atoms with Gasteiger partial charge in [-0.3, -0.25) is 9.26 Å². The van der Waals surface area contributed by atoms with Crippen molar-refractivity contribution in [1.82, 2.24) is 0 Å². The standard InChI is InChI=1S/CH4O3S.Bi.FH.3H/c1-5(2,3)4;;;;;/h1H3,(H,2,3,4);;1H;;;. The predicted octanol–water partition coefficient (Wildman–Crippen LogP) is -1.53. The van der Waals surface area contributed by atoms with Gasteiger partial charge in [-0.2, -0.15) is 8.42 Å². The molecule has 3 nitrogen and oxygen atoms in total. The summed E-state index contributed by atoms with van der Waals surface area (Å²) < 4.78 is 25.9. The van der Waals surface area contributed by atoms with Gasteiger partial charge in [-0.25, -0.2) is 0 Å². The van der Waals surface area contributed by atoms with E-state index in [4.69, 9.17) is 4.55 Å². The summed E-state index contributed by atoms with van der Waals surface area (Å²) in [6.45, 7) is 0. The Labute approximate surface area is 60.3 Å². The van der Waals surface area contributed by atoms with Crippen LogP contribution < -0.4 is 0 Å². The van der Waals surface area contributed by atoms with Crippen LogP contribution in [0.1, 0.15) is 0 Å². The molecule has 0 spiro atoms. The molecule has 0 atom stereocenters. The molecule has 0 aliphatic carbocycles. The zero-order chi connectivity index (χ0) is 4.50. The summed E-state index contributed by atoms with van der Waals surface area (Å²) in [5, 5.41) is 0. The van der Waals surface area contributed by atoms with Crippen LogP contribution in [0.15, 0.2) is 0 Å². The normalized spacial score (nSPS) is 8.29. The Morgan fingerprint density at radius 1 is 1.43 bits per heavy atom. The Hall–Kier alpha value is 0.723. The van der Waals surface area contributed by atoms with E-state index in [0.717, 1.165) is 0 Å². The monoisotopic (exact) mass is 328 g/mol. The van der Waals surface area contributed by atoms with Crippen LogP contribution in [0.25, 0.3) is 0 Å². The van der Waals surface area contributed by atoms with E-state index in [1.807, 2.05) is 0 Å². The first-order valence-electron chi connectivity index (χ1n) is 0.924. The third-order valence-electron chi connectivity index (χ3n) is 0. The van der Waals surface area contributed by atoms with Crippen LogP contribution in [0.2, 0.25) is 0 Å². The summed E-state index contributed by atoms with van der Waals surface area (Å²) in [7, 11) is -3.67. The van der Waals surface area contributed by atoms with Crippen molar-refractivity contribution in [1.29, 1.82) is 0 Å². The maximum atomic E-state index is 9.19. The van der Waals surface area contributed by atoms with Crippen LogP contribution in [-0.2, 0) is 10.1 Å². The van der Waals surface area contributed by atoms with Gasteiger partial charge in [0.25, 0.3) is 10.1 Å². The molecule has 0 saturated heterocycles. The fourth-order valence-corrected chi connectivity index (χ4v) is 0. The van der Waals surface area contributed by atoms with Gasteiger partial charge < -0.3 is 0 Å². The molecule has 0 radical (unpaired) electrons.